The van der Waals surface area contributed by atoms with Gasteiger partial charge in [0.25, 0.3) is 0 Å². The van der Waals surface area contributed by atoms with E-state index in [4.69, 9.17) is 4.98 Å². The van der Waals surface area contributed by atoms with Gasteiger partial charge in [0.2, 0.25) is 0 Å². The molecule has 110 valence electrons. The fraction of sp³-hybridized carbons (Fsp3) is 0.812. The normalized spacial score (nSPS) is 25.9. The molecule has 4 heteroatoms. The van der Waals surface area contributed by atoms with Gasteiger partial charge < -0.3 is 10.2 Å². The van der Waals surface area contributed by atoms with E-state index < -0.39 is 0 Å². The Balaban J connectivity index is 1.60. The summed E-state index contributed by atoms with van der Waals surface area (Å²) >= 11 is 2.01. The molecule has 0 aromatic carbocycles. The second kappa shape index (κ2) is 5.08. The van der Waals surface area contributed by atoms with Crippen LogP contribution in [0.1, 0.15) is 54.6 Å². The summed E-state index contributed by atoms with van der Waals surface area (Å²) in [5.41, 5.74) is 1.61. The number of fused-ring (bicyclic) bond motifs is 1. The van der Waals surface area contributed by atoms with E-state index in [1.165, 1.54) is 75.3 Å². The molecule has 0 spiro atoms. The SMILES string of the molecule is CCN1CCC(NC2CC2)(c2nc3c(s2)CCC3)CC1. The second-order valence-corrected chi connectivity index (χ2v) is 7.76. The third kappa shape index (κ3) is 2.32. The van der Waals surface area contributed by atoms with E-state index in [1.807, 2.05) is 11.3 Å². The van der Waals surface area contributed by atoms with Gasteiger partial charge in [0.05, 0.1) is 11.2 Å². The maximum Gasteiger partial charge on any atom is 0.113 e. The molecule has 0 amide bonds. The number of hydrogen-bond donors (Lipinski definition) is 1. The summed E-state index contributed by atoms with van der Waals surface area (Å²) in [6, 6.07) is 0.766. The number of rotatable bonds is 4. The molecule has 0 radical (unpaired) electrons. The largest absolute Gasteiger partial charge is 0.303 e. The average molecular weight is 291 g/mol. The van der Waals surface area contributed by atoms with Crippen molar-refractivity contribution in [3.05, 3.63) is 15.6 Å². The zero-order valence-electron chi connectivity index (χ0n) is 12.5. The Bertz CT molecular complexity index is 462. The van der Waals surface area contributed by atoms with Crippen LogP contribution in [0.3, 0.4) is 0 Å². The van der Waals surface area contributed by atoms with E-state index in [0.717, 1.165) is 6.04 Å². The van der Waals surface area contributed by atoms with Gasteiger partial charge in [-0.1, -0.05) is 6.92 Å². The van der Waals surface area contributed by atoms with Crippen molar-refractivity contribution in [3.63, 3.8) is 0 Å². The minimum atomic E-state index is 0.196. The molecule has 1 aliphatic heterocycles. The van der Waals surface area contributed by atoms with Crippen LogP contribution < -0.4 is 5.32 Å². The van der Waals surface area contributed by atoms with Crippen molar-refractivity contribution >= 4 is 11.3 Å². The molecule has 2 aliphatic carbocycles. The number of nitrogens with one attached hydrogen (secondary N) is 1. The smallest absolute Gasteiger partial charge is 0.113 e. The highest BCUT2D eigenvalue weighted by atomic mass is 32.1. The second-order valence-electron chi connectivity index (χ2n) is 6.68. The molecule has 1 aromatic heterocycles. The van der Waals surface area contributed by atoms with Crippen molar-refractivity contribution in [1.82, 2.24) is 15.2 Å². The van der Waals surface area contributed by atoms with E-state index in [1.54, 1.807) is 4.88 Å². The number of aromatic nitrogens is 1. The first kappa shape index (κ1) is 13.2. The highest BCUT2D eigenvalue weighted by molar-refractivity contribution is 7.12. The van der Waals surface area contributed by atoms with E-state index in [9.17, 15) is 0 Å². The van der Waals surface area contributed by atoms with Crippen LogP contribution >= 0.6 is 11.3 Å². The summed E-state index contributed by atoms with van der Waals surface area (Å²) in [4.78, 5) is 9.21. The first-order valence-electron chi connectivity index (χ1n) is 8.28. The van der Waals surface area contributed by atoms with Crippen LogP contribution in [-0.2, 0) is 18.4 Å². The summed E-state index contributed by atoms with van der Waals surface area (Å²) in [6.07, 6.45) is 9.02. The van der Waals surface area contributed by atoms with Crippen LogP contribution in [0.2, 0.25) is 0 Å². The number of hydrogen-bond acceptors (Lipinski definition) is 4. The lowest BCUT2D eigenvalue weighted by atomic mass is 9.87. The van der Waals surface area contributed by atoms with Gasteiger partial charge in [-0.15, -0.1) is 11.3 Å². The minimum absolute atomic E-state index is 0.196. The molecule has 20 heavy (non-hydrogen) atoms. The third-order valence-electron chi connectivity index (χ3n) is 5.22. The maximum atomic E-state index is 5.06. The lowest BCUT2D eigenvalue weighted by Gasteiger charge is -2.41. The lowest BCUT2D eigenvalue weighted by Crippen LogP contribution is -2.51. The number of aryl methyl sites for hydroxylation is 2. The predicted octanol–water partition coefficient (Wildman–Crippen LogP) is 2.69. The molecule has 4 rings (SSSR count). The van der Waals surface area contributed by atoms with E-state index in [0.29, 0.717) is 0 Å². The first-order valence-corrected chi connectivity index (χ1v) is 9.10. The van der Waals surface area contributed by atoms with Gasteiger partial charge in [-0.2, -0.15) is 0 Å². The van der Waals surface area contributed by atoms with Crippen molar-refractivity contribution in [2.24, 2.45) is 0 Å². The molecule has 3 nitrogen and oxygen atoms in total. The van der Waals surface area contributed by atoms with Gasteiger partial charge in [0, 0.05) is 24.0 Å². The van der Waals surface area contributed by atoms with Gasteiger partial charge in [0.15, 0.2) is 0 Å². The molecule has 0 atom stereocenters. The first-order chi connectivity index (χ1) is 9.79. The zero-order valence-corrected chi connectivity index (χ0v) is 13.3. The molecular formula is C16H25N3S. The Morgan fingerprint density at radius 2 is 2.10 bits per heavy atom. The number of nitrogens with zero attached hydrogens (tertiary/aromatic N) is 2. The monoisotopic (exact) mass is 291 g/mol. The molecule has 3 aliphatic rings. The minimum Gasteiger partial charge on any atom is -0.303 e. The fourth-order valence-electron chi connectivity index (χ4n) is 3.68. The third-order valence-corrected chi connectivity index (χ3v) is 6.58. The van der Waals surface area contributed by atoms with Crippen molar-refractivity contribution in [1.29, 1.82) is 0 Å². The van der Waals surface area contributed by atoms with E-state index in [2.05, 4.69) is 17.1 Å². The molecular weight excluding hydrogens is 266 g/mol. The molecule has 1 saturated carbocycles. The highest BCUT2D eigenvalue weighted by Crippen LogP contribution is 2.41. The van der Waals surface area contributed by atoms with Crippen LogP contribution in [0, 0.1) is 0 Å². The fourth-order valence-corrected chi connectivity index (χ4v) is 5.04. The lowest BCUT2D eigenvalue weighted by molar-refractivity contribution is 0.137. The van der Waals surface area contributed by atoms with Crippen LogP contribution in [0.4, 0.5) is 0 Å². The summed E-state index contributed by atoms with van der Waals surface area (Å²) in [5, 5.41) is 5.38. The van der Waals surface area contributed by atoms with Crippen molar-refractivity contribution in [3.8, 4) is 0 Å². The van der Waals surface area contributed by atoms with Gasteiger partial charge in [-0.3, -0.25) is 0 Å². The number of thiazole rings is 1. The Hall–Kier alpha value is -0.450. The van der Waals surface area contributed by atoms with Crippen molar-refractivity contribution < 1.29 is 0 Å². The van der Waals surface area contributed by atoms with E-state index in [-0.39, 0.29) is 5.54 Å². The van der Waals surface area contributed by atoms with E-state index >= 15 is 0 Å². The van der Waals surface area contributed by atoms with Gasteiger partial charge >= 0.3 is 0 Å². The van der Waals surface area contributed by atoms with Gasteiger partial charge in [0.1, 0.15) is 5.01 Å². The molecule has 1 saturated heterocycles. The quantitative estimate of drug-likeness (QED) is 0.924. The number of likely N-dealkylation sites (tertiary alicyclic amines) is 1. The Morgan fingerprint density at radius 3 is 2.75 bits per heavy atom. The average Bonchev–Trinajstić information content (AvgIpc) is 3.00. The Morgan fingerprint density at radius 1 is 1.30 bits per heavy atom. The molecule has 0 unspecified atom stereocenters. The Kier molecular flexibility index (Phi) is 3.36. The van der Waals surface area contributed by atoms with Crippen molar-refractivity contribution in [2.45, 2.75) is 63.5 Å². The topological polar surface area (TPSA) is 28.2 Å². The Labute approximate surface area is 125 Å². The predicted molar refractivity (Wildman–Crippen MR) is 83.3 cm³/mol. The standard InChI is InChI=1S/C16H25N3S/c1-2-19-10-8-16(9-11-19,18-12-6-7-12)15-17-13-4-3-5-14(13)20-15/h12,18H,2-11H2,1H3. The zero-order chi connectivity index (χ0) is 13.6. The van der Waals surface area contributed by atoms with Crippen molar-refractivity contribution in [2.75, 3.05) is 19.6 Å². The molecule has 2 fully saturated rings. The maximum absolute atomic E-state index is 5.06. The number of piperidine rings is 1. The van der Waals surface area contributed by atoms with Gasteiger partial charge in [-0.05, 0) is 51.5 Å². The molecule has 1 N–H and O–H groups in total. The van der Waals surface area contributed by atoms with Crippen LogP contribution in [0.25, 0.3) is 0 Å². The van der Waals surface area contributed by atoms with Gasteiger partial charge in [-0.25, -0.2) is 4.98 Å². The highest BCUT2D eigenvalue weighted by Gasteiger charge is 2.42. The van der Waals surface area contributed by atoms with Crippen LogP contribution in [-0.4, -0.2) is 35.6 Å². The summed E-state index contributed by atoms with van der Waals surface area (Å²) in [5.74, 6) is 0. The van der Waals surface area contributed by atoms with Crippen LogP contribution in [0.15, 0.2) is 0 Å². The summed E-state index contributed by atoms with van der Waals surface area (Å²) in [7, 11) is 0. The summed E-state index contributed by atoms with van der Waals surface area (Å²) in [6.45, 7) is 5.91. The molecule has 2 heterocycles. The van der Waals surface area contributed by atoms with Crippen LogP contribution in [0.5, 0.6) is 0 Å². The summed E-state index contributed by atoms with van der Waals surface area (Å²) < 4.78 is 0. The molecule has 0 bridgehead atoms. The molecule has 1 aromatic rings.